The molecule has 0 bridgehead atoms. The minimum absolute atomic E-state index is 0.382. The van der Waals surface area contributed by atoms with Crippen LogP contribution in [0.2, 0.25) is 0 Å². The van der Waals surface area contributed by atoms with Crippen LogP contribution < -0.4 is 10.1 Å². The van der Waals surface area contributed by atoms with Crippen LogP contribution in [0.25, 0.3) is 0 Å². The average molecular weight is 283 g/mol. The minimum atomic E-state index is 0.382. The quantitative estimate of drug-likeness (QED) is 0.726. The van der Waals surface area contributed by atoms with Crippen LogP contribution in [-0.4, -0.2) is 13.2 Å². The molecule has 2 aromatic rings. The van der Waals surface area contributed by atoms with Gasteiger partial charge in [0.05, 0.1) is 6.61 Å². The van der Waals surface area contributed by atoms with Crippen molar-refractivity contribution in [2.75, 3.05) is 13.2 Å². The monoisotopic (exact) mass is 283 g/mol. The first kappa shape index (κ1) is 15.6. The molecule has 0 saturated carbocycles. The van der Waals surface area contributed by atoms with Crippen molar-refractivity contribution in [3.63, 3.8) is 0 Å². The van der Waals surface area contributed by atoms with Gasteiger partial charge in [-0.2, -0.15) is 0 Å². The number of aryl methyl sites for hydroxylation is 1. The van der Waals surface area contributed by atoms with E-state index in [0.29, 0.717) is 6.04 Å². The molecule has 2 nitrogen and oxygen atoms in total. The van der Waals surface area contributed by atoms with Crippen molar-refractivity contribution >= 4 is 0 Å². The van der Waals surface area contributed by atoms with Gasteiger partial charge < -0.3 is 10.1 Å². The van der Waals surface area contributed by atoms with Crippen LogP contribution in [0.5, 0.6) is 5.75 Å². The van der Waals surface area contributed by atoms with E-state index >= 15 is 0 Å². The Kier molecular flexibility index (Phi) is 6.29. The Labute approximate surface area is 128 Å². The van der Waals surface area contributed by atoms with Gasteiger partial charge in [0.25, 0.3) is 0 Å². The fourth-order valence-electron chi connectivity index (χ4n) is 2.26. The van der Waals surface area contributed by atoms with Crippen molar-refractivity contribution in [1.29, 1.82) is 0 Å². The lowest BCUT2D eigenvalue weighted by Crippen LogP contribution is -2.21. The van der Waals surface area contributed by atoms with E-state index < -0.39 is 0 Å². The normalized spacial score (nSPS) is 12.1. The Bertz CT molecular complexity index is 507. The summed E-state index contributed by atoms with van der Waals surface area (Å²) in [7, 11) is 0. The van der Waals surface area contributed by atoms with Gasteiger partial charge in [0.1, 0.15) is 5.75 Å². The SMILES string of the molecule is CCc1ccc(C(C)NCCCOc2ccccc2)cc1. The second-order valence-corrected chi connectivity index (χ2v) is 5.29. The first-order valence-electron chi connectivity index (χ1n) is 7.79. The maximum atomic E-state index is 5.68. The smallest absolute Gasteiger partial charge is 0.119 e. The highest BCUT2D eigenvalue weighted by Crippen LogP contribution is 2.13. The van der Waals surface area contributed by atoms with Gasteiger partial charge in [-0.3, -0.25) is 0 Å². The summed E-state index contributed by atoms with van der Waals surface area (Å²) in [5.41, 5.74) is 2.73. The molecule has 112 valence electrons. The van der Waals surface area contributed by atoms with Crippen molar-refractivity contribution in [2.45, 2.75) is 32.7 Å². The van der Waals surface area contributed by atoms with Crippen LogP contribution in [0, 0.1) is 0 Å². The van der Waals surface area contributed by atoms with E-state index in [2.05, 4.69) is 43.4 Å². The second-order valence-electron chi connectivity index (χ2n) is 5.29. The molecule has 0 aliphatic heterocycles. The van der Waals surface area contributed by atoms with Crippen molar-refractivity contribution in [3.8, 4) is 5.75 Å². The second kappa shape index (κ2) is 8.48. The number of benzene rings is 2. The number of para-hydroxylation sites is 1. The highest BCUT2D eigenvalue weighted by molar-refractivity contribution is 5.24. The van der Waals surface area contributed by atoms with Crippen molar-refractivity contribution in [1.82, 2.24) is 5.32 Å². The molecule has 0 heterocycles. The van der Waals surface area contributed by atoms with Crippen LogP contribution in [0.1, 0.15) is 37.4 Å². The molecule has 0 radical (unpaired) electrons. The average Bonchev–Trinajstić information content (AvgIpc) is 2.55. The molecular formula is C19H25NO. The molecule has 2 heteroatoms. The van der Waals surface area contributed by atoms with Gasteiger partial charge in [-0.1, -0.05) is 49.4 Å². The Morgan fingerprint density at radius 3 is 2.38 bits per heavy atom. The third-order valence-electron chi connectivity index (χ3n) is 3.67. The fraction of sp³-hybridized carbons (Fsp3) is 0.368. The molecular weight excluding hydrogens is 258 g/mol. The summed E-state index contributed by atoms with van der Waals surface area (Å²) in [5, 5.41) is 3.54. The van der Waals surface area contributed by atoms with Crippen LogP contribution in [0.15, 0.2) is 54.6 Å². The summed E-state index contributed by atoms with van der Waals surface area (Å²) in [5.74, 6) is 0.945. The van der Waals surface area contributed by atoms with Crippen LogP contribution in [0.3, 0.4) is 0 Å². The molecule has 2 rings (SSSR count). The third kappa shape index (κ3) is 5.24. The molecule has 0 aliphatic rings. The van der Waals surface area contributed by atoms with Crippen molar-refractivity contribution in [3.05, 3.63) is 65.7 Å². The van der Waals surface area contributed by atoms with Gasteiger partial charge in [0.15, 0.2) is 0 Å². The molecule has 1 N–H and O–H groups in total. The maximum Gasteiger partial charge on any atom is 0.119 e. The maximum absolute atomic E-state index is 5.68. The minimum Gasteiger partial charge on any atom is -0.494 e. The molecule has 21 heavy (non-hydrogen) atoms. The summed E-state index contributed by atoms with van der Waals surface area (Å²) in [6.07, 6.45) is 2.10. The molecule has 0 amide bonds. The van der Waals surface area contributed by atoms with Crippen molar-refractivity contribution in [2.24, 2.45) is 0 Å². The lowest BCUT2D eigenvalue weighted by molar-refractivity contribution is 0.305. The number of ether oxygens (including phenoxy) is 1. The van der Waals surface area contributed by atoms with Gasteiger partial charge in [0.2, 0.25) is 0 Å². The van der Waals surface area contributed by atoms with E-state index in [1.165, 1.54) is 11.1 Å². The molecule has 0 aromatic heterocycles. The fourth-order valence-corrected chi connectivity index (χ4v) is 2.26. The molecule has 1 unspecified atom stereocenters. The van der Waals surface area contributed by atoms with Gasteiger partial charge >= 0.3 is 0 Å². The molecule has 2 aromatic carbocycles. The van der Waals surface area contributed by atoms with Crippen LogP contribution in [-0.2, 0) is 6.42 Å². The van der Waals surface area contributed by atoms with Gasteiger partial charge in [-0.25, -0.2) is 0 Å². The lowest BCUT2D eigenvalue weighted by atomic mass is 10.1. The van der Waals surface area contributed by atoms with E-state index in [4.69, 9.17) is 4.74 Å². The molecule has 0 fully saturated rings. The molecule has 0 spiro atoms. The Balaban J connectivity index is 1.65. The van der Waals surface area contributed by atoms with Crippen molar-refractivity contribution < 1.29 is 4.74 Å². The highest BCUT2D eigenvalue weighted by atomic mass is 16.5. The lowest BCUT2D eigenvalue weighted by Gasteiger charge is -2.15. The van der Waals surface area contributed by atoms with Gasteiger partial charge in [-0.05, 0) is 49.6 Å². The van der Waals surface area contributed by atoms with E-state index in [1.807, 2.05) is 30.3 Å². The molecule has 0 saturated heterocycles. The van der Waals surface area contributed by atoms with Crippen LogP contribution in [0.4, 0.5) is 0 Å². The summed E-state index contributed by atoms with van der Waals surface area (Å²) in [4.78, 5) is 0. The predicted octanol–water partition coefficient (Wildman–Crippen LogP) is 4.37. The summed E-state index contributed by atoms with van der Waals surface area (Å²) >= 11 is 0. The highest BCUT2D eigenvalue weighted by Gasteiger charge is 2.04. The van der Waals surface area contributed by atoms with Gasteiger partial charge in [-0.15, -0.1) is 0 Å². The zero-order chi connectivity index (χ0) is 14.9. The topological polar surface area (TPSA) is 21.3 Å². The summed E-state index contributed by atoms with van der Waals surface area (Å²) in [6, 6.07) is 19.2. The molecule has 1 atom stereocenters. The standard InChI is InChI=1S/C19H25NO/c1-3-17-10-12-18(13-11-17)16(2)20-14-7-15-21-19-8-5-4-6-9-19/h4-6,8-13,16,20H,3,7,14-15H2,1-2H3. The van der Waals surface area contributed by atoms with E-state index in [9.17, 15) is 0 Å². The third-order valence-corrected chi connectivity index (χ3v) is 3.67. The Morgan fingerprint density at radius 1 is 1.00 bits per heavy atom. The number of hydrogen-bond acceptors (Lipinski definition) is 2. The first-order valence-corrected chi connectivity index (χ1v) is 7.79. The zero-order valence-corrected chi connectivity index (χ0v) is 13.0. The summed E-state index contributed by atoms with van der Waals surface area (Å²) in [6.45, 7) is 6.10. The zero-order valence-electron chi connectivity index (χ0n) is 13.0. The Hall–Kier alpha value is -1.80. The Morgan fingerprint density at radius 2 is 1.71 bits per heavy atom. The number of hydrogen-bond donors (Lipinski definition) is 1. The molecule has 0 aliphatic carbocycles. The largest absolute Gasteiger partial charge is 0.494 e. The number of nitrogens with one attached hydrogen (secondary N) is 1. The van der Waals surface area contributed by atoms with Gasteiger partial charge in [0, 0.05) is 6.04 Å². The number of rotatable bonds is 8. The first-order chi connectivity index (χ1) is 10.3. The van der Waals surface area contributed by atoms with E-state index in [0.717, 1.165) is 31.7 Å². The van der Waals surface area contributed by atoms with Crippen LogP contribution >= 0.6 is 0 Å². The summed E-state index contributed by atoms with van der Waals surface area (Å²) < 4.78 is 5.68. The van der Waals surface area contributed by atoms with E-state index in [-0.39, 0.29) is 0 Å². The predicted molar refractivity (Wildman–Crippen MR) is 88.8 cm³/mol. The van der Waals surface area contributed by atoms with E-state index in [1.54, 1.807) is 0 Å².